The van der Waals surface area contributed by atoms with Crippen LogP contribution in [0.25, 0.3) is 5.69 Å². The van der Waals surface area contributed by atoms with Gasteiger partial charge in [0.25, 0.3) is 5.56 Å². The Hall–Kier alpha value is -3.54. The summed E-state index contributed by atoms with van der Waals surface area (Å²) in [5.41, 5.74) is 0.761. The molecule has 2 atom stereocenters. The molecule has 1 fully saturated rings. The first-order valence-corrected chi connectivity index (χ1v) is 13.0. The largest absolute Gasteiger partial charge is 0.326 e. The van der Waals surface area contributed by atoms with Crippen LogP contribution >= 0.6 is 11.6 Å². The molecule has 3 aromatic rings. The van der Waals surface area contributed by atoms with Crippen molar-refractivity contribution in [2.75, 3.05) is 30.0 Å². The van der Waals surface area contributed by atoms with Crippen LogP contribution in [-0.4, -0.2) is 48.4 Å². The van der Waals surface area contributed by atoms with Gasteiger partial charge in [0.1, 0.15) is 5.82 Å². The zero-order valence-corrected chi connectivity index (χ0v) is 20.6. The van der Waals surface area contributed by atoms with Gasteiger partial charge in [-0.15, -0.1) is 0 Å². The number of hydrogen-bond donors (Lipinski definition) is 2. The Balaban J connectivity index is 1.51. The van der Waals surface area contributed by atoms with Crippen LogP contribution in [0.5, 0.6) is 0 Å². The Kier molecular flexibility index (Phi) is 7.25. The first-order chi connectivity index (χ1) is 17.0. The van der Waals surface area contributed by atoms with E-state index in [0.29, 0.717) is 22.1 Å². The highest BCUT2D eigenvalue weighted by Gasteiger charge is 2.44. The standard InChI is InChI=1S/C24H22ClFN4O5S/c1-36(34,35)29-13-20(23(32)27-17-4-2-15(25)3-5-17)21(14-29)24(33)28-18-6-8-19(9-7-18)30-11-10-16(26)12-22(30)31/h2-12,20-21H,13-14H2,1H3,(H,27,32)(H,28,33)/t20-,21-/m0/s1. The number of nitrogens with zero attached hydrogens (tertiary/aromatic N) is 2. The molecule has 0 unspecified atom stereocenters. The third-order valence-corrected chi connectivity index (χ3v) is 7.32. The summed E-state index contributed by atoms with van der Waals surface area (Å²) in [6, 6.07) is 14.7. The van der Waals surface area contributed by atoms with Crippen molar-refractivity contribution in [3.8, 4) is 5.69 Å². The maximum atomic E-state index is 13.2. The summed E-state index contributed by atoms with van der Waals surface area (Å²) >= 11 is 5.87. The van der Waals surface area contributed by atoms with E-state index in [1.54, 1.807) is 48.5 Å². The maximum absolute atomic E-state index is 13.2. The first-order valence-electron chi connectivity index (χ1n) is 10.8. The van der Waals surface area contributed by atoms with Crippen molar-refractivity contribution in [2.24, 2.45) is 11.8 Å². The van der Waals surface area contributed by atoms with E-state index in [9.17, 15) is 27.2 Å². The summed E-state index contributed by atoms with van der Waals surface area (Å²) in [6.07, 6.45) is 2.32. The fraction of sp³-hybridized carbons (Fsp3) is 0.208. The maximum Gasteiger partial charge on any atom is 0.257 e. The number of anilines is 2. The zero-order chi connectivity index (χ0) is 26.0. The van der Waals surface area contributed by atoms with Gasteiger partial charge in [-0.1, -0.05) is 11.6 Å². The number of amides is 2. The number of carbonyl (C=O) groups is 2. The molecule has 0 spiro atoms. The van der Waals surface area contributed by atoms with Crippen molar-refractivity contribution in [1.82, 2.24) is 8.87 Å². The normalized spacial score (nSPS) is 18.1. The average Bonchev–Trinajstić information content (AvgIpc) is 3.28. The summed E-state index contributed by atoms with van der Waals surface area (Å²) in [5.74, 6) is -3.52. The Labute approximate surface area is 211 Å². The van der Waals surface area contributed by atoms with Gasteiger partial charge in [-0.2, -0.15) is 0 Å². The van der Waals surface area contributed by atoms with Crippen LogP contribution < -0.4 is 16.2 Å². The molecule has 1 aliphatic heterocycles. The molecule has 12 heteroatoms. The number of aromatic nitrogens is 1. The van der Waals surface area contributed by atoms with E-state index in [0.717, 1.165) is 22.7 Å². The van der Waals surface area contributed by atoms with Crippen molar-refractivity contribution in [3.63, 3.8) is 0 Å². The lowest BCUT2D eigenvalue weighted by Crippen LogP contribution is -2.35. The summed E-state index contributed by atoms with van der Waals surface area (Å²) in [7, 11) is -3.63. The third kappa shape index (κ3) is 5.81. The van der Waals surface area contributed by atoms with E-state index in [1.165, 1.54) is 10.8 Å². The number of sulfonamides is 1. The average molecular weight is 533 g/mol. The highest BCUT2D eigenvalue weighted by Crippen LogP contribution is 2.28. The monoisotopic (exact) mass is 532 g/mol. The van der Waals surface area contributed by atoms with Gasteiger partial charge in [-0.3, -0.25) is 19.0 Å². The van der Waals surface area contributed by atoms with Crippen LogP contribution in [0.15, 0.2) is 71.7 Å². The first kappa shape index (κ1) is 25.5. The Morgan fingerprint density at radius 3 is 1.89 bits per heavy atom. The summed E-state index contributed by atoms with van der Waals surface area (Å²) in [6.45, 7) is -0.283. The van der Waals surface area contributed by atoms with Crippen LogP contribution in [0, 0.1) is 17.7 Å². The number of carbonyl (C=O) groups excluding carboxylic acids is 2. The predicted octanol–water partition coefficient (Wildman–Crippen LogP) is 2.71. The number of hydrogen-bond acceptors (Lipinski definition) is 5. The molecule has 0 bridgehead atoms. The quantitative estimate of drug-likeness (QED) is 0.506. The SMILES string of the molecule is CS(=O)(=O)N1C[C@H](C(=O)Nc2ccc(Cl)cc2)[C@@H](C(=O)Nc2ccc(-n3ccc(F)cc3=O)cc2)C1. The molecule has 0 aliphatic carbocycles. The number of halogens is 2. The summed E-state index contributed by atoms with van der Waals surface area (Å²) < 4.78 is 39.8. The minimum Gasteiger partial charge on any atom is -0.326 e. The lowest BCUT2D eigenvalue weighted by atomic mass is 9.94. The third-order valence-electron chi connectivity index (χ3n) is 5.84. The van der Waals surface area contributed by atoms with Crippen molar-refractivity contribution >= 4 is 44.8 Å². The van der Waals surface area contributed by atoms with Crippen LogP contribution in [0.4, 0.5) is 15.8 Å². The fourth-order valence-corrected chi connectivity index (χ4v) is 4.94. The van der Waals surface area contributed by atoms with Gasteiger partial charge < -0.3 is 10.6 Å². The van der Waals surface area contributed by atoms with Gasteiger partial charge >= 0.3 is 0 Å². The van der Waals surface area contributed by atoms with Crippen molar-refractivity contribution in [2.45, 2.75) is 0 Å². The molecule has 2 N–H and O–H groups in total. The van der Waals surface area contributed by atoms with Crippen molar-refractivity contribution in [1.29, 1.82) is 0 Å². The second-order valence-electron chi connectivity index (χ2n) is 8.38. The Morgan fingerprint density at radius 1 is 0.917 bits per heavy atom. The van der Waals surface area contributed by atoms with Crippen molar-refractivity contribution in [3.05, 3.63) is 88.1 Å². The second kappa shape index (κ2) is 10.2. The molecular formula is C24H22ClFN4O5S. The van der Waals surface area contributed by atoms with Gasteiger partial charge in [0.15, 0.2) is 0 Å². The second-order valence-corrected chi connectivity index (χ2v) is 10.8. The number of nitrogens with one attached hydrogen (secondary N) is 2. The molecule has 2 heterocycles. The smallest absolute Gasteiger partial charge is 0.257 e. The molecule has 1 aromatic heterocycles. The van der Waals surface area contributed by atoms with Gasteiger partial charge in [0, 0.05) is 47.4 Å². The topological polar surface area (TPSA) is 118 Å². The molecule has 1 saturated heterocycles. The van der Waals surface area contributed by atoms with E-state index in [2.05, 4.69) is 10.6 Å². The number of rotatable bonds is 6. The van der Waals surface area contributed by atoms with Crippen LogP contribution in [0.1, 0.15) is 0 Å². The fourth-order valence-electron chi connectivity index (χ4n) is 3.95. The van der Waals surface area contributed by atoms with Crippen LogP contribution in [0.3, 0.4) is 0 Å². The number of benzene rings is 2. The molecular weight excluding hydrogens is 511 g/mol. The molecule has 1 aliphatic rings. The van der Waals surface area contributed by atoms with E-state index >= 15 is 0 Å². The summed E-state index contributed by atoms with van der Waals surface area (Å²) in [5, 5.41) is 5.91. The molecule has 188 valence electrons. The molecule has 2 amide bonds. The molecule has 4 rings (SSSR count). The van der Waals surface area contributed by atoms with Crippen LogP contribution in [-0.2, 0) is 19.6 Å². The Bertz CT molecular complexity index is 1460. The van der Waals surface area contributed by atoms with Crippen LogP contribution in [0.2, 0.25) is 5.02 Å². The van der Waals surface area contributed by atoms with Gasteiger partial charge in [0.05, 0.1) is 18.1 Å². The highest BCUT2D eigenvalue weighted by molar-refractivity contribution is 7.88. The lowest BCUT2D eigenvalue weighted by molar-refractivity contribution is -0.127. The van der Waals surface area contributed by atoms with E-state index < -0.39 is 45.0 Å². The molecule has 9 nitrogen and oxygen atoms in total. The van der Waals surface area contributed by atoms with Gasteiger partial charge in [-0.25, -0.2) is 17.1 Å². The van der Waals surface area contributed by atoms with Crippen molar-refractivity contribution < 1.29 is 22.4 Å². The highest BCUT2D eigenvalue weighted by atomic mass is 35.5. The number of pyridine rings is 1. The zero-order valence-electron chi connectivity index (χ0n) is 19.0. The van der Waals surface area contributed by atoms with E-state index in [4.69, 9.17) is 11.6 Å². The Morgan fingerprint density at radius 2 is 1.42 bits per heavy atom. The predicted molar refractivity (Wildman–Crippen MR) is 134 cm³/mol. The minimum atomic E-state index is -3.63. The molecule has 0 saturated carbocycles. The van der Waals surface area contributed by atoms with E-state index in [-0.39, 0.29) is 13.1 Å². The lowest BCUT2D eigenvalue weighted by Gasteiger charge is -2.18. The van der Waals surface area contributed by atoms with Gasteiger partial charge in [0.2, 0.25) is 21.8 Å². The molecule has 0 radical (unpaired) electrons. The van der Waals surface area contributed by atoms with E-state index in [1.807, 2.05) is 0 Å². The summed E-state index contributed by atoms with van der Waals surface area (Å²) in [4.78, 5) is 38.1. The van der Waals surface area contributed by atoms with Gasteiger partial charge in [-0.05, 0) is 54.6 Å². The molecule has 36 heavy (non-hydrogen) atoms. The molecule has 2 aromatic carbocycles. The minimum absolute atomic E-state index is 0.136.